The first-order chi connectivity index (χ1) is 10.6. The predicted molar refractivity (Wildman–Crippen MR) is 85.9 cm³/mol. The fourth-order valence-electron chi connectivity index (χ4n) is 3.05. The molecule has 5 nitrogen and oxygen atoms in total. The quantitative estimate of drug-likeness (QED) is 0.869. The fourth-order valence-corrected chi connectivity index (χ4v) is 3.05. The Morgan fingerprint density at radius 1 is 1.41 bits per heavy atom. The molecule has 0 saturated carbocycles. The number of hydrogen-bond donors (Lipinski definition) is 1. The topological polar surface area (TPSA) is 50.8 Å². The molecule has 2 aliphatic heterocycles. The van der Waals surface area contributed by atoms with Gasteiger partial charge in [0.05, 0.1) is 31.0 Å². The minimum atomic E-state index is 0.0315. The minimum absolute atomic E-state index is 0.0315. The normalized spacial score (nSPS) is 20.1. The summed E-state index contributed by atoms with van der Waals surface area (Å²) in [6, 6.07) is 3.83. The third-order valence-electron chi connectivity index (χ3n) is 4.14. The molecule has 1 atom stereocenters. The maximum atomic E-state index is 12.8. The molecule has 2 heterocycles. The van der Waals surface area contributed by atoms with Crippen molar-refractivity contribution in [2.24, 2.45) is 0 Å². The third-order valence-corrected chi connectivity index (χ3v) is 4.14. The number of methoxy groups -OCH3 is 1. The molecule has 0 radical (unpaired) electrons. The lowest BCUT2D eigenvalue weighted by Crippen LogP contribution is -2.36. The van der Waals surface area contributed by atoms with Crippen molar-refractivity contribution < 1.29 is 14.3 Å². The van der Waals surface area contributed by atoms with Gasteiger partial charge in [-0.2, -0.15) is 0 Å². The number of nitrogens with zero attached hydrogens (tertiary/aromatic N) is 1. The fraction of sp³-hybridized carbons (Fsp3) is 0.471. The van der Waals surface area contributed by atoms with Crippen molar-refractivity contribution in [1.29, 1.82) is 0 Å². The number of fused-ring (bicyclic) bond motifs is 2. The third kappa shape index (κ3) is 2.51. The van der Waals surface area contributed by atoms with Crippen molar-refractivity contribution in [3.63, 3.8) is 0 Å². The number of benzene rings is 1. The van der Waals surface area contributed by atoms with Gasteiger partial charge in [-0.25, -0.2) is 0 Å². The van der Waals surface area contributed by atoms with Gasteiger partial charge in [-0.3, -0.25) is 4.79 Å². The lowest BCUT2D eigenvalue weighted by Gasteiger charge is -2.21. The van der Waals surface area contributed by atoms with Gasteiger partial charge in [0.2, 0.25) is 0 Å². The first kappa shape index (κ1) is 14.8. The van der Waals surface area contributed by atoms with Gasteiger partial charge in [0.15, 0.2) is 11.5 Å². The Bertz CT molecular complexity index is 612. The molecule has 5 heteroatoms. The number of rotatable bonds is 4. The molecule has 2 aliphatic rings. The van der Waals surface area contributed by atoms with Gasteiger partial charge in [0, 0.05) is 19.2 Å². The molecule has 1 fully saturated rings. The maximum absolute atomic E-state index is 12.8. The van der Waals surface area contributed by atoms with E-state index in [1.807, 2.05) is 11.0 Å². The molecule has 0 aliphatic carbocycles. The highest BCUT2D eigenvalue weighted by molar-refractivity contribution is 6.01. The van der Waals surface area contributed by atoms with Crippen LogP contribution in [0.3, 0.4) is 0 Å². The number of carbonyl (C=O) groups is 1. The second kappa shape index (κ2) is 5.91. The molecule has 0 unspecified atom stereocenters. The second-order valence-corrected chi connectivity index (χ2v) is 5.82. The zero-order valence-electron chi connectivity index (χ0n) is 13.1. The van der Waals surface area contributed by atoms with Gasteiger partial charge in [-0.1, -0.05) is 19.1 Å². The Morgan fingerprint density at radius 2 is 2.23 bits per heavy atom. The molecule has 0 aromatic heterocycles. The van der Waals surface area contributed by atoms with E-state index in [1.54, 1.807) is 13.2 Å². The van der Waals surface area contributed by atoms with Crippen LogP contribution < -0.4 is 14.8 Å². The Labute approximate surface area is 130 Å². The van der Waals surface area contributed by atoms with Crippen molar-refractivity contribution in [3.8, 4) is 11.5 Å². The van der Waals surface area contributed by atoms with Crippen LogP contribution in [0, 0.1) is 0 Å². The van der Waals surface area contributed by atoms with Crippen LogP contribution in [-0.4, -0.2) is 43.7 Å². The summed E-state index contributed by atoms with van der Waals surface area (Å²) in [6.45, 7) is 8.07. The van der Waals surface area contributed by atoms with Gasteiger partial charge < -0.3 is 19.7 Å². The lowest BCUT2D eigenvalue weighted by molar-refractivity contribution is 0.0752. The van der Waals surface area contributed by atoms with E-state index in [2.05, 4.69) is 18.8 Å². The molecule has 3 rings (SSSR count). The van der Waals surface area contributed by atoms with E-state index >= 15 is 0 Å². The maximum Gasteiger partial charge on any atom is 0.256 e. The Kier molecular flexibility index (Phi) is 3.96. The molecule has 0 bridgehead atoms. The van der Waals surface area contributed by atoms with E-state index in [-0.39, 0.29) is 11.9 Å². The number of hydrogen-bond acceptors (Lipinski definition) is 4. The van der Waals surface area contributed by atoms with E-state index in [1.165, 1.54) is 0 Å². The van der Waals surface area contributed by atoms with Crippen molar-refractivity contribution >= 4 is 11.6 Å². The van der Waals surface area contributed by atoms with E-state index in [0.29, 0.717) is 30.2 Å². The molecule has 1 aromatic carbocycles. The van der Waals surface area contributed by atoms with E-state index < -0.39 is 0 Å². The summed E-state index contributed by atoms with van der Waals surface area (Å²) < 4.78 is 11.1. The number of ether oxygens (including phenoxy) is 2. The van der Waals surface area contributed by atoms with E-state index in [0.717, 1.165) is 30.6 Å². The largest absolute Gasteiger partial charge is 0.493 e. The average molecular weight is 302 g/mol. The minimum Gasteiger partial charge on any atom is -0.493 e. The Balaban J connectivity index is 1.97. The molecule has 118 valence electrons. The summed E-state index contributed by atoms with van der Waals surface area (Å²) in [6.07, 6.45) is 1.79. The molecule has 0 spiro atoms. The zero-order valence-corrected chi connectivity index (χ0v) is 13.1. The van der Waals surface area contributed by atoms with Gasteiger partial charge >= 0.3 is 0 Å². The van der Waals surface area contributed by atoms with E-state index in [9.17, 15) is 4.79 Å². The van der Waals surface area contributed by atoms with Crippen molar-refractivity contribution in [2.45, 2.75) is 25.8 Å². The highest BCUT2D eigenvalue weighted by Crippen LogP contribution is 2.37. The average Bonchev–Trinajstić information content (AvgIpc) is 2.85. The Hall–Kier alpha value is -2.17. The lowest BCUT2D eigenvalue weighted by atomic mass is 10.1. The van der Waals surface area contributed by atoms with Crippen molar-refractivity contribution in [2.75, 3.05) is 32.1 Å². The molecule has 1 N–H and O–H groups in total. The predicted octanol–water partition coefficient (Wildman–Crippen LogP) is 2.68. The SMILES string of the molecule is C=C1C[C@H]2CNc3cc(OCCC)c(OC)cc3C(=O)N2C1. The molecule has 22 heavy (non-hydrogen) atoms. The number of nitrogens with one attached hydrogen (secondary N) is 1. The standard InChI is InChI=1S/C17H22N2O3/c1-4-5-22-16-8-14-13(7-15(16)21-3)17(20)19-10-11(2)6-12(19)9-18-14/h7-8,12,18H,2,4-6,9-10H2,1,3H3/t12-/m0/s1. The molecule has 1 saturated heterocycles. The molecule has 1 aromatic rings. The van der Waals surface area contributed by atoms with Gasteiger partial charge in [-0.15, -0.1) is 0 Å². The van der Waals surface area contributed by atoms with Gasteiger partial charge in [0.1, 0.15) is 0 Å². The van der Waals surface area contributed by atoms with Crippen molar-refractivity contribution in [1.82, 2.24) is 4.90 Å². The first-order valence-corrected chi connectivity index (χ1v) is 7.70. The summed E-state index contributed by atoms with van der Waals surface area (Å²) in [4.78, 5) is 14.7. The second-order valence-electron chi connectivity index (χ2n) is 5.82. The molecule has 1 amide bonds. The zero-order chi connectivity index (χ0) is 15.7. The summed E-state index contributed by atoms with van der Waals surface area (Å²) >= 11 is 0. The first-order valence-electron chi connectivity index (χ1n) is 7.70. The summed E-state index contributed by atoms with van der Waals surface area (Å²) in [7, 11) is 1.59. The number of carbonyl (C=O) groups excluding carboxylic acids is 1. The van der Waals surface area contributed by atoms with Crippen LogP contribution in [-0.2, 0) is 0 Å². The van der Waals surface area contributed by atoms with Gasteiger partial charge in [-0.05, 0) is 18.9 Å². The van der Waals surface area contributed by atoms with E-state index in [4.69, 9.17) is 9.47 Å². The summed E-state index contributed by atoms with van der Waals surface area (Å²) in [5.74, 6) is 1.30. The Morgan fingerprint density at radius 3 is 2.95 bits per heavy atom. The smallest absolute Gasteiger partial charge is 0.256 e. The highest BCUT2D eigenvalue weighted by Gasteiger charge is 2.35. The summed E-state index contributed by atoms with van der Waals surface area (Å²) in [5.41, 5.74) is 2.56. The summed E-state index contributed by atoms with van der Waals surface area (Å²) in [5, 5.41) is 3.38. The van der Waals surface area contributed by atoms with Crippen molar-refractivity contribution in [3.05, 3.63) is 29.8 Å². The van der Waals surface area contributed by atoms with Crippen LogP contribution in [0.1, 0.15) is 30.1 Å². The van der Waals surface area contributed by atoms with Crippen LogP contribution in [0.5, 0.6) is 11.5 Å². The number of anilines is 1. The molecular weight excluding hydrogens is 280 g/mol. The number of amides is 1. The van der Waals surface area contributed by atoms with Crippen LogP contribution in [0.2, 0.25) is 0 Å². The van der Waals surface area contributed by atoms with Crippen LogP contribution in [0.25, 0.3) is 0 Å². The van der Waals surface area contributed by atoms with Gasteiger partial charge in [0.25, 0.3) is 5.91 Å². The van der Waals surface area contributed by atoms with Crippen LogP contribution in [0.4, 0.5) is 5.69 Å². The van der Waals surface area contributed by atoms with Crippen LogP contribution in [0.15, 0.2) is 24.3 Å². The highest BCUT2D eigenvalue weighted by atomic mass is 16.5. The van der Waals surface area contributed by atoms with Crippen LogP contribution >= 0.6 is 0 Å². The monoisotopic (exact) mass is 302 g/mol. The molecular formula is C17H22N2O3.